The van der Waals surface area contributed by atoms with Gasteiger partial charge in [-0.05, 0) is 44.2 Å². The number of hydrogen-bond donors (Lipinski definition) is 1. The van der Waals surface area contributed by atoms with Crippen LogP contribution in [0.3, 0.4) is 0 Å². The molecular weight excluding hydrogens is 483 g/mol. The van der Waals surface area contributed by atoms with Gasteiger partial charge in [-0.3, -0.25) is 9.59 Å². The summed E-state index contributed by atoms with van der Waals surface area (Å²) in [5.41, 5.74) is 3.81. The number of carbonyl (C=O) groups is 2. The fourth-order valence-electron chi connectivity index (χ4n) is 3.60. The summed E-state index contributed by atoms with van der Waals surface area (Å²) in [4.78, 5) is 27.4. The maximum atomic E-state index is 13.0. The molecule has 0 radical (unpaired) electrons. The first-order chi connectivity index (χ1) is 16.9. The molecule has 0 bridgehead atoms. The molecule has 0 spiro atoms. The Balaban J connectivity index is 1.60. The minimum absolute atomic E-state index is 0.101. The van der Waals surface area contributed by atoms with Crippen molar-refractivity contribution in [2.45, 2.75) is 13.8 Å². The standard InChI is InChI=1S/C27H24Cl2N4O2/c1-3-32(27(35)20-11-9-18(2)10-12-20)17-26(34)30-25-16-24(19-7-5-4-6-8-19)31-33(25)21-13-14-22(28)23(29)15-21/h4-16H,3,17H2,1-2H3,(H,30,34). The molecule has 0 aliphatic rings. The van der Waals surface area contributed by atoms with Gasteiger partial charge in [-0.2, -0.15) is 5.10 Å². The number of amides is 2. The van der Waals surface area contributed by atoms with Crippen molar-refractivity contribution in [1.29, 1.82) is 0 Å². The van der Waals surface area contributed by atoms with E-state index in [1.165, 1.54) is 4.90 Å². The molecule has 178 valence electrons. The molecule has 1 aromatic heterocycles. The topological polar surface area (TPSA) is 67.2 Å². The number of hydrogen-bond acceptors (Lipinski definition) is 3. The van der Waals surface area contributed by atoms with E-state index in [9.17, 15) is 9.59 Å². The maximum absolute atomic E-state index is 13.0. The summed E-state index contributed by atoms with van der Waals surface area (Å²) < 4.78 is 1.60. The molecule has 6 nitrogen and oxygen atoms in total. The van der Waals surface area contributed by atoms with Gasteiger partial charge in [0.2, 0.25) is 5.91 Å². The molecule has 2 amide bonds. The zero-order chi connectivity index (χ0) is 24.9. The number of nitrogens with one attached hydrogen (secondary N) is 1. The Morgan fingerprint density at radius 1 is 0.943 bits per heavy atom. The van der Waals surface area contributed by atoms with Crippen LogP contribution in [0.1, 0.15) is 22.8 Å². The van der Waals surface area contributed by atoms with Crippen molar-refractivity contribution in [3.63, 3.8) is 0 Å². The van der Waals surface area contributed by atoms with E-state index in [4.69, 9.17) is 23.2 Å². The van der Waals surface area contributed by atoms with Crippen LogP contribution in [-0.2, 0) is 4.79 Å². The van der Waals surface area contributed by atoms with Crippen molar-refractivity contribution in [1.82, 2.24) is 14.7 Å². The molecule has 3 aromatic carbocycles. The smallest absolute Gasteiger partial charge is 0.254 e. The summed E-state index contributed by atoms with van der Waals surface area (Å²) in [6.45, 7) is 4.09. The Bertz CT molecular complexity index is 1350. The molecule has 4 aromatic rings. The Labute approximate surface area is 214 Å². The third-order valence-corrected chi connectivity index (χ3v) is 6.24. The minimum atomic E-state index is -0.340. The highest BCUT2D eigenvalue weighted by Gasteiger charge is 2.20. The second-order valence-corrected chi connectivity index (χ2v) is 8.84. The quantitative estimate of drug-likeness (QED) is 0.321. The van der Waals surface area contributed by atoms with Gasteiger partial charge in [0.05, 0.1) is 21.4 Å². The molecule has 1 N–H and O–H groups in total. The number of anilines is 1. The molecule has 0 fully saturated rings. The van der Waals surface area contributed by atoms with E-state index in [2.05, 4.69) is 10.4 Å². The predicted molar refractivity (Wildman–Crippen MR) is 140 cm³/mol. The number of rotatable bonds is 7. The van der Waals surface area contributed by atoms with E-state index in [-0.39, 0.29) is 18.4 Å². The normalized spacial score (nSPS) is 10.7. The van der Waals surface area contributed by atoms with Crippen LogP contribution in [0, 0.1) is 6.92 Å². The van der Waals surface area contributed by atoms with Gasteiger partial charge in [0.15, 0.2) is 0 Å². The first-order valence-corrected chi connectivity index (χ1v) is 11.9. The number of aryl methyl sites for hydroxylation is 1. The zero-order valence-electron chi connectivity index (χ0n) is 19.3. The fourth-order valence-corrected chi connectivity index (χ4v) is 3.89. The summed E-state index contributed by atoms with van der Waals surface area (Å²) in [7, 11) is 0. The predicted octanol–water partition coefficient (Wildman–Crippen LogP) is 6.26. The Morgan fingerprint density at radius 3 is 2.31 bits per heavy atom. The lowest BCUT2D eigenvalue weighted by Gasteiger charge is -2.20. The SMILES string of the molecule is CCN(CC(=O)Nc1cc(-c2ccccc2)nn1-c1ccc(Cl)c(Cl)c1)C(=O)c1ccc(C)cc1. The lowest BCUT2D eigenvalue weighted by molar-refractivity contribution is -0.116. The first kappa shape index (κ1) is 24.5. The van der Waals surface area contributed by atoms with Gasteiger partial charge in [0.25, 0.3) is 5.91 Å². The summed E-state index contributed by atoms with van der Waals surface area (Å²) in [5.74, 6) is -0.0928. The van der Waals surface area contributed by atoms with Crippen molar-refractivity contribution in [2.24, 2.45) is 0 Å². The van der Waals surface area contributed by atoms with Gasteiger partial charge in [-0.25, -0.2) is 4.68 Å². The zero-order valence-corrected chi connectivity index (χ0v) is 20.8. The average molecular weight is 507 g/mol. The van der Waals surface area contributed by atoms with Gasteiger partial charge < -0.3 is 10.2 Å². The third kappa shape index (κ3) is 5.73. The number of nitrogens with zero attached hydrogens (tertiary/aromatic N) is 3. The van der Waals surface area contributed by atoms with Crippen LogP contribution in [-0.4, -0.2) is 39.6 Å². The van der Waals surface area contributed by atoms with Gasteiger partial charge in [-0.1, -0.05) is 71.2 Å². The van der Waals surface area contributed by atoms with E-state index >= 15 is 0 Å². The first-order valence-electron chi connectivity index (χ1n) is 11.1. The highest BCUT2D eigenvalue weighted by Crippen LogP contribution is 2.29. The molecule has 0 atom stereocenters. The Kier molecular flexibility index (Phi) is 7.54. The van der Waals surface area contributed by atoms with Gasteiger partial charge in [0.1, 0.15) is 12.4 Å². The molecular formula is C27H24Cl2N4O2. The van der Waals surface area contributed by atoms with Crippen LogP contribution >= 0.6 is 23.2 Å². The maximum Gasteiger partial charge on any atom is 0.254 e. The summed E-state index contributed by atoms with van der Waals surface area (Å²) in [6, 6.07) is 23.8. The van der Waals surface area contributed by atoms with E-state index in [0.717, 1.165) is 11.1 Å². The Morgan fingerprint density at radius 2 is 1.66 bits per heavy atom. The highest BCUT2D eigenvalue weighted by molar-refractivity contribution is 6.42. The average Bonchev–Trinajstić information content (AvgIpc) is 3.28. The fraction of sp³-hybridized carbons (Fsp3) is 0.148. The van der Waals surface area contributed by atoms with Gasteiger partial charge in [-0.15, -0.1) is 0 Å². The van der Waals surface area contributed by atoms with Gasteiger partial charge in [0, 0.05) is 23.7 Å². The molecule has 4 rings (SSSR count). The number of carbonyl (C=O) groups excluding carboxylic acids is 2. The number of aromatic nitrogens is 2. The lowest BCUT2D eigenvalue weighted by atomic mass is 10.1. The largest absolute Gasteiger partial charge is 0.330 e. The van der Waals surface area contributed by atoms with Crippen LogP contribution in [0.15, 0.2) is 78.9 Å². The van der Waals surface area contributed by atoms with Crippen LogP contribution in [0.4, 0.5) is 5.82 Å². The van der Waals surface area contributed by atoms with E-state index in [1.54, 1.807) is 41.1 Å². The lowest BCUT2D eigenvalue weighted by Crippen LogP contribution is -2.38. The molecule has 0 saturated heterocycles. The second-order valence-electron chi connectivity index (χ2n) is 8.02. The Hall–Kier alpha value is -3.61. The molecule has 1 heterocycles. The number of halogens is 2. The monoisotopic (exact) mass is 506 g/mol. The number of likely N-dealkylation sites (N-methyl/N-ethyl adjacent to an activating group) is 1. The van der Waals surface area contributed by atoms with Crippen LogP contribution in [0.25, 0.3) is 16.9 Å². The van der Waals surface area contributed by atoms with Crippen LogP contribution in [0.2, 0.25) is 10.0 Å². The van der Waals surface area contributed by atoms with Crippen LogP contribution in [0.5, 0.6) is 0 Å². The van der Waals surface area contributed by atoms with Crippen molar-refractivity contribution in [3.8, 4) is 16.9 Å². The van der Waals surface area contributed by atoms with Crippen molar-refractivity contribution in [2.75, 3.05) is 18.4 Å². The molecule has 0 aliphatic carbocycles. The summed E-state index contributed by atoms with van der Waals surface area (Å²) in [5, 5.41) is 8.38. The van der Waals surface area contributed by atoms with E-state index in [1.807, 2.05) is 56.3 Å². The van der Waals surface area contributed by atoms with Crippen LogP contribution < -0.4 is 5.32 Å². The van der Waals surface area contributed by atoms with Crippen molar-refractivity contribution < 1.29 is 9.59 Å². The minimum Gasteiger partial charge on any atom is -0.330 e. The van der Waals surface area contributed by atoms with E-state index in [0.29, 0.717) is 39.4 Å². The number of benzene rings is 3. The van der Waals surface area contributed by atoms with Gasteiger partial charge >= 0.3 is 0 Å². The van der Waals surface area contributed by atoms with Crippen molar-refractivity contribution in [3.05, 3.63) is 100 Å². The molecule has 0 aliphatic heterocycles. The third-order valence-electron chi connectivity index (χ3n) is 5.50. The van der Waals surface area contributed by atoms with Crippen molar-refractivity contribution >= 4 is 40.8 Å². The second kappa shape index (κ2) is 10.8. The van der Waals surface area contributed by atoms with E-state index < -0.39 is 0 Å². The molecule has 35 heavy (non-hydrogen) atoms. The molecule has 0 saturated carbocycles. The summed E-state index contributed by atoms with van der Waals surface area (Å²) >= 11 is 12.3. The molecule has 8 heteroatoms. The summed E-state index contributed by atoms with van der Waals surface area (Å²) in [6.07, 6.45) is 0. The molecule has 0 unspecified atom stereocenters. The highest BCUT2D eigenvalue weighted by atomic mass is 35.5.